The molecule has 1 aliphatic carbocycles. The fourth-order valence-corrected chi connectivity index (χ4v) is 3.37. The number of para-hydroxylation sites is 1. The van der Waals surface area contributed by atoms with Gasteiger partial charge in [0.25, 0.3) is 11.8 Å². The van der Waals surface area contributed by atoms with Crippen LogP contribution in [0.4, 0.5) is 5.69 Å². The van der Waals surface area contributed by atoms with Crippen LogP contribution in [0.25, 0.3) is 0 Å². The van der Waals surface area contributed by atoms with Gasteiger partial charge in [-0.3, -0.25) is 9.59 Å². The number of carbonyl (C=O) groups excluding carboxylic acids is 2. The van der Waals surface area contributed by atoms with E-state index in [1.54, 1.807) is 24.3 Å². The van der Waals surface area contributed by atoms with Crippen molar-refractivity contribution in [3.05, 3.63) is 65.2 Å². The van der Waals surface area contributed by atoms with Crippen molar-refractivity contribution in [3.8, 4) is 0 Å². The summed E-state index contributed by atoms with van der Waals surface area (Å²) in [6, 6.07) is 14.8. The summed E-state index contributed by atoms with van der Waals surface area (Å²) >= 11 is 0. The number of hydrogen-bond donors (Lipinski definition) is 2. The molecule has 136 valence electrons. The number of rotatable bonds is 4. The fourth-order valence-electron chi connectivity index (χ4n) is 3.37. The minimum atomic E-state index is -0.171. The zero-order chi connectivity index (χ0) is 18.4. The lowest BCUT2D eigenvalue weighted by atomic mass is 10.1. The molecule has 4 nitrogen and oxygen atoms in total. The van der Waals surface area contributed by atoms with Gasteiger partial charge in [-0.1, -0.05) is 43.9 Å². The molecule has 0 saturated heterocycles. The minimum Gasteiger partial charge on any atom is -0.349 e. The molecule has 1 aliphatic rings. The van der Waals surface area contributed by atoms with Gasteiger partial charge in [0, 0.05) is 22.9 Å². The van der Waals surface area contributed by atoms with Gasteiger partial charge < -0.3 is 10.6 Å². The topological polar surface area (TPSA) is 58.2 Å². The molecule has 2 N–H and O–H groups in total. The average Bonchev–Trinajstić information content (AvgIpc) is 2.92. The average molecular weight is 350 g/mol. The number of nitrogens with one attached hydrogen (secondary N) is 2. The lowest BCUT2D eigenvalue weighted by molar-refractivity contribution is 0.0932. The van der Waals surface area contributed by atoms with E-state index in [1.807, 2.05) is 31.2 Å². The van der Waals surface area contributed by atoms with Crippen LogP contribution in [-0.2, 0) is 0 Å². The molecule has 26 heavy (non-hydrogen) atoms. The van der Waals surface area contributed by atoms with E-state index < -0.39 is 0 Å². The third kappa shape index (κ3) is 4.72. The van der Waals surface area contributed by atoms with Crippen molar-refractivity contribution in [1.29, 1.82) is 0 Å². The third-order valence-electron chi connectivity index (χ3n) is 4.99. The van der Waals surface area contributed by atoms with E-state index in [2.05, 4.69) is 10.6 Å². The predicted octanol–water partition coefficient (Wildman–Crippen LogP) is 4.70. The van der Waals surface area contributed by atoms with E-state index in [-0.39, 0.29) is 17.9 Å². The molecule has 1 fully saturated rings. The molecular weight excluding hydrogens is 324 g/mol. The first kappa shape index (κ1) is 18.2. The number of carbonyl (C=O) groups is 2. The van der Waals surface area contributed by atoms with Crippen molar-refractivity contribution in [2.75, 3.05) is 5.32 Å². The molecule has 0 heterocycles. The number of anilines is 1. The third-order valence-corrected chi connectivity index (χ3v) is 4.99. The summed E-state index contributed by atoms with van der Waals surface area (Å²) in [6.45, 7) is 1.95. The van der Waals surface area contributed by atoms with Gasteiger partial charge in [0.2, 0.25) is 0 Å². The van der Waals surface area contributed by atoms with E-state index in [4.69, 9.17) is 0 Å². The molecule has 0 atom stereocenters. The Labute approximate surface area is 155 Å². The second-order valence-corrected chi connectivity index (χ2v) is 7.01. The van der Waals surface area contributed by atoms with Gasteiger partial charge >= 0.3 is 0 Å². The standard InChI is InChI=1S/C22H26N2O2/c1-16-8-6-7-11-20(16)24-22(26)18-14-12-17(13-15-18)21(25)23-19-9-4-2-3-5-10-19/h6-8,11-15,19H,2-5,9-10H2,1H3,(H,23,25)(H,24,26). The Morgan fingerprint density at radius 3 is 2.00 bits per heavy atom. The molecule has 4 heteroatoms. The molecule has 1 saturated carbocycles. The molecule has 0 aliphatic heterocycles. The monoisotopic (exact) mass is 350 g/mol. The second kappa shape index (κ2) is 8.65. The minimum absolute atomic E-state index is 0.0530. The summed E-state index contributed by atoms with van der Waals surface area (Å²) < 4.78 is 0. The van der Waals surface area contributed by atoms with Gasteiger partial charge in [0.1, 0.15) is 0 Å². The molecule has 0 radical (unpaired) electrons. The lowest BCUT2D eigenvalue weighted by Crippen LogP contribution is -2.34. The summed E-state index contributed by atoms with van der Waals surface area (Å²) in [5.41, 5.74) is 2.95. The van der Waals surface area contributed by atoms with Crippen LogP contribution >= 0.6 is 0 Å². The van der Waals surface area contributed by atoms with E-state index in [0.29, 0.717) is 11.1 Å². The number of aryl methyl sites for hydroxylation is 1. The highest BCUT2D eigenvalue weighted by molar-refractivity contribution is 6.05. The summed E-state index contributed by atoms with van der Waals surface area (Å²) in [5.74, 6) is -0.224. The lowest BCUT2D eigenvalue weighted by Gasteiger charge is -2.16. The zero-order valence-electron chi connectivity index (χ0n) is 15.3. The first-order valence-corrected chi connectivity index (χ1v) is 9.41. The molecule has 0 aromatic heterocycles. The van der Waals surface area contributed by atoms with Crippen LogP contribution in [0.2, 0.25) is 0 Å². The SMILES string of the molecule is Cc1ccccc1NC(=O)c1ccc(C(=O)NC2CCCCCC2)cc1. The van der Waals surface area contributed by atoms with Crippen molar-refractivity contribution < 1.29 is 9.59 Å². The molecule has 2 aromatic carbocycles. The van der Waals surface area contributed by atoms with Crippen molar-refractivity contribution in [3.63, 3.8) is 0 Å². The Morgan fingerprint density at radius 2 is 1.38 bits per heavy atom. The van der Waals surface area contributed by atoms with Crippen LogP contribution in [0.5, 0.6) is 0 Å². The second-order valence-electron chi connectivity index (χ2n) is 7.01. The largest absolute Gasteiger partial charge is 0.349 e. The Bertz CT molecular complexity index is 760. The van der Waals surface area contributed by atoms with Crippen LogP contribution in [-0.4, -0.2) is 17.9 Å². The normalized spacial score (nSPS) is 15.1. The molecule has 3 rings (SSSR count). The number of benzene rings is 2. The van der Waals surface area contributed by atoms with Gasteiger partial charge in [-0.25, -0.2) is 0 Å². The van der Waals surface area contributed by atoms with Crippen molar-refractivity contribution in [2.45, 2.75) is 51.5 Å². The van der Waals surface area contributed by atoms with Gasteiger partial charge in [-0.05, 0) is 55.7 Å². The summed E-state index contributed by atoms with van der Waals surface area (Å²) in [4.78, 5) is 24.8. The van der Waals surface area contributed by atoms with Crippen LogP contribution in [0.3, 0.4) is 0 Å². The van der Waals surface area contributed by atoms with Crippen molar-refractivity contribution >= 4 is 17.5 Å². The van der Waals surface area contributed by atoms with Crippen LogP contribution in [0.1, 0.15) is 64.8 Å². The molecular formula is C22H26N2O2. The Balaban J connectivity index is 1.61. The van der Waals surface area contributed by atoms with Gasteiger partial charge in [-0.15, -0.1) is 0 Å². The molecule has 0 spiro atoms. The maximum absolute atomic E-state index is 12.4. The van der Waals surface area contributed by atoms with E-state index in [0.717, 1.165) is 24.1 Å². The quantitative estimate of drug-likeness (QED) is 0.785. The van der Waals surface area contributed by atoms with E-state index >= 15 is 0 Å². The number of hydrogen-bond acceptors (Lipinski definition) is 2. The predicted molar refractivity (Wildman–Crippen MR) is 105 cm³/mol. The smallest absolute Gasteiger partial charge is 0.255 e. The van der Waals surface area contributed by atoms with Crippen LogP contribution in [0.15, 0.2) is 48.5 Å². The zero-order valence-corrected chi connectivity index (χ0v) is 15.3. The van der Waals surface area contributed by atoms with Crippen molar-refractivity contribution in [1.82, 2.24) is 5.32 Å². The Kier molecular flexibility index (Phi) is 6.05. The van der Waals surface area contributed by atoms with Crippen LogP contribution < -0.4 is 10.6 Å². The maximum Gasteiger partial charge on any atom is 0.255 e. The van der Waals surface area contributed by atoms with Gasteiger partial charge in [-0.2, -0.15) is 0 Å². The Morgan fingerprint density at radius 1 is 0.808 bits per heavy atom. The summed E-state index contributed by atoms with van der Waals surface area (Å²) in [5, 5.41) is 6.04. The molecule has 0 unspecified atom stereocenters. The van der Waals surface area contributed by atoms with Gasteiger partial charge in [0.15, 0.2) is 0 Å². The van der Waals surface area contributed by atoms with Crippen molar-refractivity contribution in [2.24, 2.45) is 0 Å². The first-order chi connectivity index (χ1) is 12.6. The molecule has 0 bridgehead atoms. The molecule has 2 amide bonds. The van der Waals surface area contributed by atoms with Gasteiger partial charge in [0.05, 0.1) is 0 Å². The number of amides is 2. The highest BCUT2D eigenvalue weighted by Crippen LogP contribution is 2.18. The molecule has 2 aromatic rings. The maximum atomic E-state index is 12.4. The van der Waals surface area contributed by atoms with E-state index in [1.165, 1.54) is 25.7 Å². The van der Waals surface area contributed by atoms with E-state index in [9.17, 15) is 9.59 Å². The highest BCUT2D eigenvalue weighted by atomic mass is 16.2. The summed E-state index contributed by atoms with van der Waals surface area (Å²) in [7, 11) is 0. The highest BCUT2D eigenvalue weighted by Gasteiger charge is 2.16. The Hall–Kier alpha value is -2.62. The first-order valence-electron chi connectivity index (χ1n) is 9.41. The fraction of sp³-hybridized carbons (Fsp3) is 0.364. The van der Waals surface area contributed by atoms with Crippen LogP contribution in [0, 0.1) is 6.92 Å². The summed E-state index contributed by atoms with van der Waals surface area (Å²) in [6.07, 6.45) is 7.01.